The molecule has 0 spiro atoms. The lowest BCUT2D eigenvalue weighted by molar-refractivity contribution is 0.412. The summed E-state index contributed by atoms with van der Waals surface area (Å²) in [6.07, 6.45) is 0. The molecule has 1 aromatic heterocycles. The lowest BCUT2D eigenvalue weighted by atomic mass is 10.2. The zero-order valence-electron chi connectivity index (χ0n) is 7.84. The monoisotopic (exact) mass is 305 g/mol. The van der Waals surface area contributed by atoms with Gasteiger partial charge in [-0.15, -0.1) is 0 Å². The first kappa shape index (κ1) is 9.76. The normalized spacial score (nSPS) is 10.9. The highest BCUT2D eigenvalue weighted by molar-refractivity contribution is 14.1. The fourth-order valence-electron chi connectivity index (χ4n) is 1.49. The van der Waals surface area contributed by atoms with Crippen LogP contribution in [-0.2, 0) is 0 Å². The number of rotatable bonds is 1. The summed E-state index contributed by atoms with van der Waals surface area (Å²) in [6.45, 7) is 1.94. The molecule has 74 valence electrons. The Labute approximate surface area is 95.2 Å². The van der Waals surface area contributed by atoms with Gasteiger partial charge >= 0.3 is 0 Å². The van der Waals surface area contributed by atoms with E-state index in [9.17, 15) is 4.39 Å². The Hall–Kier alpha value is -0.780. The molecule has 0 radical (unpaired) electrons. The van der Waals surface area contributed by atoms with Gasteiger partial charge in [0.15, 0.2) is 5.82 Å². The van der Waals surface area contributed by atoms with Crippen LogP contribution in [0.4, 0.5) is 4.39 Å². The topological polar surface area (TPSA) is 14.2 Å². The first-order valence-electron chi connectivity index (χ1n) is 4.15. The maximum Gasteiger partial charge on any atom is 0.151 e. The van der Waals surface area contributed by atoms with E-state index in [4.69, 9.17) is 4.74 Å². The van der Waals surface area contributed by atoms with Crippen molar-refractivity contribution >= 4 is 33.8 Å². The largest absolute Gasteiger partial charge is 0.497 e. The minimum Gasteiger partial charge on any atom is -0.497 e. The number of benzene rings is 1. The fourth-order valence-corrected chi connectivity index (χ4v) is 2.14. The average molecular weight is 305 g/mol. The Bertz CT molecular complexity index is 492. The van der Waals surface area contributed by atoms with Crippen LogP contribution in [-0.4, -0.2) is 9.89 Å². The number of aromatic nitrogens is 1. The minimum absolute atomic E-state index is 0.248. The van der Waals surface area contributed by atoms with E-state index < -0.39 is 0 Å². The molecular formula is C10H9FINO. The van der Waals surface area contributed by atoms with Crippen molar-refractivity contribution in [3.8, 4) is 5.75 Å². The lowest BCUT2D eigenvalue weighted by Gasteiger charge is -2.01. The van der Waals surface area contributed by atoms with Gasteiger partial charge in [0.05, 0.1) is 35.5 Å². The van der Waals surface area contributed by atoms with Crippen LogP contribution in [0.2, 0.25) is 0 Å². The van der Waals surface area contributed by atoms with Crippen LogP contribution in [0.3, 0.4) is 0 Å². The third kappa shape index (κ3) is 1.37. The van der Waals surface area contributed by atoms with Gasteiger partial charge in [-0.1, -0.05) is 0 Å². The van der Waals surface area contributed by atoms with Crippen LogP contribution in [0.5, 0.6) is 5.75 Å². The predicted octanol–water partition coefficient (Wildman–Crippen LogP) is 3.30. The van der Waals surface area contributed by atoms with Gasteiger partial charge in [-0.25, -0.2) is 4.39 Å². The Morgan fingerprint density at radius 2 is 2.07 bits per heavy atom. The third-order valence-corrected chi connectivity index (χ3v) is 3.42. The Morgan fingerprint density at radius 3 is 2.71 bits per heavy atom. The van der Waals surface area contributed by atoms with Gasteiger partial charge < -0.3 is 4.74 Å². The zero-order valence-corrected chi connectivity index (χ0v) is 10.0. The van der Waals surface area contributed by atoms with Gasteiger partial charge in [0.25, 0.3) is 0 Å². The molecule has 0 aliphatic carbocycles. The number of ether oxygens (including phenoxy) is 1. The molecule has 14 heavy (non-hydrogen) atoms. The van der Waals surface area contributed by atoms with E-state index in [1.165, 1.54) is 13.2 Å². The van der Waals surface area contributed by atoms with Gasteiger partial charge in [-0.3, -0.25) is 2.78 Å². The average Bonchev–Trinajstić information content (AvgIpc) is 2.43. The number of fused-ring (bicyclic) bond motifs is 1. The summed E-state index contributed by atoms with van der Waals surface area (Å²) >= 11 is 2.08. The SMILES string of the molecule is COc1cc(F)c2c(c1)cc(C)n2I. The van der Waals surface area contributed by atoms with Crippen molar-refractivity contribution in [2.24, 2.45) is 0 Å². The first-order chi connectivity index (χ1) is 6.63. The molecule has 0 aliphatic rings. The molecule has 0 aliphatic heterocycles. The van der Waals surface area contributed by atoms with Crippen LogP contribution in [0.1, 0.15) is 5.69 Å². The number of methoxy groups -OCH3 is 1. The molecule has 0 atom stereocenters. The molecule has 0 saturated carbocycles. The van der Waals surface area contributed by atoms with E-state index in [-0.39, 0.29) is 5.82 Å². The Kier molecular flexibility index (Phi) is 2.38. The summed E-state index contributed by atoms with van der Waals surface area (Å²) < 4.78 is 20.4. The van der Waals surface area contributed by atoms with E-state index in [0.717, 1.165) is 11.1 Å². The summed E-state index contributed by atoms with van der Waals surface area (Å²) in [6, 6.07) is 5.17. The van der Waals surface area contributed by atoms with Crippen molar-refractivity contribution in [2.45, 2.75) is 6.92 Å². The number of nitrogens with zero attached hydrogens (tertiary/aromatic N) is 1. The van der Waals surface area contributed by atoms with E-state index in [1.54, 1.807) is 0 Å². The van der Waals surface area contributed by atoms with Crippen LogP contribution in [0, 0.1) is 12.7 Å². The molecule has 0 amide bonds. The quantitative estimate of drug-likeness (QED) is 0.737. The molecule has 0 saturated heterocycles. The Morgan fingerprint density at radius 1 is 1.36 bits per heavy atom. The van der Waals surface area contributed by atoms with Gasteiger partial charge in [0.2, 0.25) is 0 Å². The predicted molar refractivity (Wildman–Crippen MR) is 62.6 cm³/mol. The first-order valence-corrected chi connectivity index (χ1v) is 5.11. The van der Waals surface area contributed by atoms with Crippen LogP contribution >= 0.6 is 22.9 Å². The highest BCUT2D eigenvalue weighted by Crippen LogP contribution is 2.28. The molecule has 0 N–H and O–H groups in total. The molecule has 4 heteroatoms. The molecule has 2 rings (SSSR count). The molecule has 1 heterocycles. The third-order valence-electron chi connectivity index (χ3n) is 2.17. The van der Waals surface area contributed by atoms with Crippen molar-refractivity contribution in [1.29, 1.82) is 0 Å². The summed E-state index contributed by atoms with van der Waals surface area (Å²) in [7, 11) is 1.54. The summed E-state index contributed by atoms with van der Waals surface area (Å²) in [5.74, 6) is 0.304. The van der Waals surface area contributed by atoms with Crippen LogP contribution < -0.4 is 4.74 Å². The molecule has 2 nitrogen and oxygen atoms in total. The smallest absolute Gasteiger partial charge is 0.151 e. The van der Waals surface area contributed by atoms with E-state index in [0.29, 0.717) is 11.3 Å². The van der Waals surface area contributed by atoms with Crippen molar-refractivity contribution in [3.63, 3.8) is 0 Å². The maximum absolute atomic E-state index is 13.6. The van der Waals surface area contributed by atoms with E-state index >= 15 is 0 Å². The number of aryl methyl sites for hydroxylation is 1. The molecular weight excluding hydrogens is 296 g/mol. The summed E-state index contributed by atoms with van der Waals surface area (Å²) in [5, 5.41) is 0.869. The van der Waals surface area contributed by atoms with Crippen molar-refractivity contribution in [3.05, 3.63) is 29.7 Å². The standard InChI is InChI=1S/C10H9FINO/c1-6-3-7-4-8(14-2)5-9(11)10(7)13(6)12/h3-5H,1-2H3. The van der Waals surface area contributed by atoms with Crippen LogP contribution in [0.15, 0.2) is 18.2 Å². The molecule has 0 bridgehead atoms. The highest BCUT2D eigenvalue weighted by atomic mass is 127. The van der Waals surface area contributed by atoms with Gasteiger partial charge in [0, 0.05) is 17.1 Å². The number of hydrogen-bond donors (Lipinski definition) is 0. The minimum atomic E-state index is -0.248. The van der Waals surface area contributed by atoms with E-state index in [2.05, 4.69) is 22.9 Å². The fraction of sp³-hybridized carbons (Fsp3) is 0.200. The Balaban J connectivity index is 2.83. The van der Waals surface area contributed by atoms with Crippen molar-refractivity contribution in [1.82, 2.24) is 2.78 Å². The molecule has 2 aromatic rings. The zero-order chi connectivity index (χ0) is 10.3. The summed E-state index contributed by atoms with van der Waals surface area (Å²) in [4.78, 5) is 0. The van der Waals surface area contributed by atoms with E-state index in [1.807, 2.05) is 21.8 Å². The van der Waals surface area contributed by atoms with Gasteiger partial charge in [-0.2, -0.15) is 0 Å². The van der Waals surface area contributed by atoms with Crippen molar-refractivity contribution in [2.75, 3.05) is 7.11 Å². The summed E-state index contributed by atoms with van der Waals surface area (Å²) in [5.41, 5.74) is 1.64. The number of halogens is 2. The molecule has 1 aromatic carbocycles. The second-order valence-electron chi connectivity index (χ2n) is 3.11. The lowest BCUT2D eigenvalue weighted by Crippen LogP contribution is -1.88. The highest BCUT2D eigenvalue weighted by Gasteiger charge is 2.10. The number of hydrogen-bond acceptors (Lipinski definition) is 1. The van der Waals surface area contributed by atoms with Gasteiger partial charge in [0.1, 0.15) is 5.75 Å². The molecule has 0 fully saturated rings. The van der Waals surface area contributed by atoms with Gasteiger partial charge in [-0.05, 0) is 19.1 Å². The van der Waals surface area contributed by atoms with Crippen LogP contribution in [0.25, 0.3) is 10.9 Å². The second-order valence-corrected chi connectivity index (χ2v) is 4.08. The molecule has 0 unspecified atom stereocenters. The van der Waals surface area contributed by atoms with Crippen molar-refractivity contribution < 1.29 is 9.13 Å². The second kappa shape index (κ2) is 3.42. The maximum atomic E-state index is 13.6.